The van der Waals surface area contributed by atoms with E-state index in [1.165, 1.54) is 22.3 Å². The number of carboxylic acid groups (broad SMARTS) is 1. The zero-order valence-corrected chi connectivity index (χ0v) is 20.4. The third-order valence-electron chi connectivity index (χ3n) is 7.35. The van der Waals surface area contributed by atoms with Crippen molar-refractivity contribution < 1.29 is 24.2 Å². The summed E-state index contributed by atoms with van der Waals surface area (Å²) in [7, 11) is 0. The van der Waals surface area contributed by atoms with Crippen LogP contribution in [0.2, 0.25) is 0 Å². The number of hydrogen-bond acceptors (Lipinski definition) is 4. The first-order chi connectivity index (χ1) is 16.8. The molecule has 4 rings (SSSR count). The maximum Gasteiger partial charge on any atom is 0.407 e. The standard InChI is InChI=1S/C28H34N2O5/c1-18(11-14-25(31)30-28(2,26(32)33)19-12-13-19)15-16-29-27(34)35-17-24-22-9-5-3-7-20(22)21-8-4-6-10-23(21)24/h3-10,18-19,24H,11-17H2,1-2H3,(H,29,34)(H,30,31)(H,32,33). The first kappa shape index (κ1) is 24.8. The Morgan fingerprint density at radius 2 is 1.63 bits per heavy atom. The van der Waals surface area contributed by atoms with E-state index in [9.17, 15) is 19.5 Å². The topological polar surface area (TPSA) is 105 Å². The number of hydrogen-bond donors (Lipinski definition) is 3. The molecule has 2 aromatic carbocycles. The molecule has 0 saturated heterocycles. The van der Waals surface area contributed by atoms with Crippen LogP contribution in [-0.4, -0.2) is 41.8 Å². The monoisotopic (exact) mass is 478 g/mol. The Morgan fingerprint density at radius 3 is 2.20 bits per heavy atom. The number of carbonyl (C=O) groups is 3. The average molecular weight is 479 g/mol. The van der Waals surface area contributed by atoms with Crippen molar-refractivity contribution in [2.45, 2.75) is 57.4 Å². The summed E-state index contributed by atoms with van der Waals surface area (Å²) in [5.74, 6) is -0.973. The van der Waals surface area contributed by atoms with Gasteiger partial charge in [-0.15, -0.1) is 0 Å². The van der Waals surface area contributed by atoms with Crippen molar-refractivity contribution in [1.29, 1.82) is 0 Å². The van der Waals surface area contributed by atoms with Crippen LogP contribution in [0, 0.1) is 11.8 Å². The molecule has 1 saturated carbocycles. The minimum Gasteiger partial charge on any atom is -0.480 e. The van der Waals surface area contributed by atoms with Gasteiger partial charge < -0.3 is 20.5 Å². The third kappa shape index (κ3) is 5.66. The lowest BCUT2D eigenvalue weighted by Crippen LogP contribution is -2.54. The quantitative estimate of drug-likeness (QED) is 0.434. The van der Waals surface area contributed by atoms with E-state index in [2.05, 4.69) is 34.9 Å². The van der Waals surface area contributed by atoms with Gasteiger partial charge in [0.2, 0.25) is 5.91 Å². The lowest BCUT2D eigenvalue weighted by Gasteiger charge is -2.26. The molecule has 0 heterocycles. The van der Waals surface area contributed by atoms with Crippen LogP contribution in [0.15, 0.2) is 48.5 Å². The fourth-order valence-electron chi connectivity index (χ4n) is 4.93. The molecule has 0 spiro atoms. The zero-order valence-electron chi connectivity index (χ0n) is 20.4. The minimum atomic E-state index is -1.17. The van der Waals surface area contributed by atoms with Gasteiger partial charge >= 0.3 is 12.1 Å². The first-order valence-electron chi connectivity index (χ1n) is 12.4. The van der Waals surface area contributed by atoms with Crippen molar-refractivity contribution in [1.82, 2.24) is 10.6 Å². The molecule has 0 bridgehead atoms. The van der Waals surface area contributed by atoms with Crippen LogP contribution in [0.4, 0.5) is 4.79 Å². The van der Waals surface area contributed by atoms with Crippen LogP contribution < -0.4 is 10.6 Å². The molecule has 2 amide bonds. The number of alkyl carbamates (subject to hydrolysis) is 1. The molecular formula is C28H34N2O5. The normalized spacial score (nSPS) is 17.0. The molecule has 2 atom stereocenters. The summed E-state index contributed by atoms with van der Waals surface area (Å²) in [5.41, 5.74) is 3.56. The van der Waals surface area contributed by atoms with Crippen molar-refractivity contribution in [3.8, 4) is 11.1 Å². The Balaban J connectivity index is 1.17. The van der Waals surface area contributed by atoms with Crippen molar-refractivity contribution in [3.63, 3.8) is 0 Å². The number of ether oxygens (including phenoxy) is 1. The number of carboxylic acids is 1. The van der Waals surface area contributed by atoms with Crippen LogP contribution in [-0.2, 0) is 14.3 Å². The Bertz CT molecular complexity index is 1050. The summed E-state index contributed by atoms with van der Waals surface area (Å²) in [4.78, 5) is 36.2. The molecule has 3 N–H and O–H groups in total. The number of aliphatic carboxylic acids is 1. The van der Waals surface area contributed by atoms with Gasteiger partial charge in [-0.3, -0.25) is 4.79 Å². The van der Waals surface area contributed by atoms with Gasteiger partial charge in [0.05, 0.1) is 0 Å². The van der Waals surface area contributed by atoms with Crippen molar-refractivity contribution in [2.75, 3.05) is 13.2 Å². The van der Waals surface area contributed by atoms with E-state index in [4.69, 9.17) is 4.74 Å². The highest BCUT2D eigenvalue weighted by Crippen LogP contribution is 2.44. The summed E-state index contributed by atoms with van der Waals surface area (Å²) >= 11 is 0. The molecule has 2 aliphatic carbocycles. The Morgan fingerprint density at radius 1 is 1.03 bits per heavy atom. The Kier molecular flexibility index (Phi) is 7.43. The highest BCUT2D eigenvalue weighted by molar-refractivity contribution is 5.87. The van der Waals surface area contributed by atoms with Crippen molar-refractivity contribution in [2.24, 2.45) is 11.8 Å². The molecule has 2 unspecified atom stereocenters. The fourth-order valence-corrected chi connectivity index (χ4v) is 4.93. The molecule has 7 heteroatoms. The number of fused-ring (bicyclic) bond motifs is 3. The minimum absolute atomic E-state index is 0.0165. The van der Waals surface area contributed by atoms with Gasteiger partial charge in [0.25, 0.3) is 0 Å². The highest BCUT2D eigenvalue weighted by Gasteiger charge is 2.48. The second-order valence-corrected chi connectivity index (χ2v) is 10.0. The van der Waals surface area contributed by atoms with Crippen LogP contribution >= 0.6 is 0 Å². The molecule has 2 aromatic rings. The molecular weight excluding hydrogens is 444 g/mol. The number of amides is 2. The summed E-state index contributed by atoms with van der Waals surface area (Å²) in [6.45, 7) is 4.34. The maximum absolute atomic E-state index is 12.3. The number of rotatable bonds is 11. The third-order valence-corrected chi connectivity index (χ3v) is 7.35. The predicted octanol–water partition coefficient (Wildman–Crippen LogP) is 4.70. The van der Waals surface area contributed by atoms with E-state index < -0.39 is 17.6 Å². The molecule has 2 aliphatic rings. The van der Waals surface area contributed by atoms with Gasteiger partial charge in [0, 0.05) is 18.9 Å². The van der Waals surface area contributed by atoms with Gasteiger partial charge in [-0.1, -0.05) is 55.5 Å². The molecule has 186 valence electrons. The largest absolute Gasteiger partial charge is 0.480 e. The number of nitrogens with one attached hydrogen (secondary N) is 2. The number of benzene rings is 2. The molecule has 0 aromatic heterocycles. The van der Waals surface area contributed by atoms with E-state index >= 15 is 0 Å². The van der Waals surface area contributed by atoms with Crippen LogP contribution in [0.5, 0.6) is 0 Å². The van der Waals surface area contributed by atoms with E-state index in [-0.39, 0.29) is 36.7 Å². The van der Waals surface area contributed by atoms with Crippen LogP contribution in [0.3, 0.4) is 0 Å². The summed E-state index contributed by atoms with van der Waals surface area (Å²) in [6.07, 6.45) is 2.82. The highest BCUT2D eigenvalue weighted by atomic mass is 16.5. The summed E-state index contributed by atoms with van der Waals surface area (Å²) in [5, 5.41) is 15.0. The van der Waals surface area contributed by atoms with E-state index in [0.29, 0.717) is 19.4 Å². The van der Waals surface area contributed by atoms with E-state index in [0.717, 1.165) is 12.8 Å². The van der Waals surface area contributed by atoms with Gasteiger partial charge in [0.15, 0.2) is 0 Å². The van der Waals surface area contributed by atoms with Gasteiger partial charge in [0.1, 0.15) is 12.1 Å². The molecule has 7 nitrogen and oxygen atoms in total. The zero-order chi connectivity index (χ0) is 25.0. The van der Waals surface area contributed by atoms with E-state index in [1.807, 2.05) is 31.2 Å². The summed E-state index contributed by atoms with van der Waals surface area (Å²) in [6, 6.07) is 16.4. The fraction of sp³-hybridized carbons (Fsp3) is 0.464. The van der Waals surface area contributed by atoms with Crippen molar-refractivity contribution >= 4 is 18.0 Å². The Labute approximate surface area is 206 Å². The SMILES string of the molecule is CC(CCNC(=O)OCC1c2ccccc2-c2ccccc21)CCC(=O)NC(C)(C(=O)O)C1CC1. The van der Waals surface area contributed by atoms with Crippen LogP contribution in [0.1, 0.15) is 63.0 Å². The first-order valence-corrected chi connectivity index (χ1v) is 12.4. The Hall–Kier alpha value is -3.35. The molecule has 1 fully saturated rings. The van der Waals surface area contributed by atoms with Crippen molar-refractivity contribution in [3.05, 3.63) is 59.7 Å². The predicted molar refractivity (Wildman–Crippen MR) is 133 cm³/mol. The molecule has 35 heavy (non-hydrogen) atoms. The van der Waals surface area contributed by atoms with Gasteiger partial charge in [-0.2, -0.15) is 0 Å². The second-order valence-electron chi connectivity index (χ2n) is 10.0. The van der Waals surface area contributed by atoms with Gasteiger partial charge in [-0.25, -0.2) is 9.59 Å². The molecule has 0 aliphatic heterocycles. The lowest BCUT2D eigenvalue weighted by atomic mass is 9.95. The maximum atomic E-state index is 12.3. The smallest absolute Gasteiger partial charge is 0.407 e. The average Bonchev–Trinajstić information content (AvgIpc) is 3.65. The number of carbonyl (C=O) groups excluding carboxylic acids is 2. The lowest BCUT2D eigenvalue weighted by molar-refractivity contribution is -0.148. The van der Waals surface area contributed by atoms with Crippen LogP contribution in [0.25, 0.3) is 11.1 Å². The molecule has 0 radical (unpaired) electrons. The van der Waals surface area contributed by atoms with E-state index in [1.54, 1.807) is 6.92 Å². The van der Waals surface area contributed by atoms with Gasteiger partial charge in [-0.05, 0) is 66.7 Å². The second kappa shape index (κ2) is 10.5. The summed E-state index contributed by atoms with van der Waals surface area (Å²) < 4.78 is 5.56.